The lowest BCUT2D eigenvalue weighted by Gasteiger charge is -2.35. The van der Waals surface area contributed by atoms with E-state index in [1.807, 2.05) is 49.9 Å². The van der Waals surface area contributed by atoms with Gasteiger partial charge in [0.1, 0.15) is 5.60 Å². The van der Waals surface area contributed by atoms with Gasteiger partial charge in [0.25, 0.3) is 5.91 Å². The topological polar surface area (TPSA) is 49.9 Å². The number of amides is 2. The highest BCUT2D eigenvalue weighted by Gasteiger charge is 2.27. The summed E-state index contributed by atoms with van der Waals surface area (Å²) in [6.45, 7) is 7.64. The number of piperidine rings is 1. The van der Waals surface area contributed by atoms with Crippen molar-refractivity contribution in [2.45, 2.75) is 39.2 Å². The van der Waals surface area contributed by atoms with E-state index in [2.05, 4.69) is 22.6 Å². The first-order valence-corrected chi connectivity index (χ1v) is 9.72. The van der Waals surface area contributed by atoms with Crippen molar-refractivity contribution in [3.8, 4) is 0 Å². The Morgan fingerprint density at radius 3 is 2.72 bits per heavy atom. The number of halogens is 1. The molecule has 138 valence electrons. The van der Waals surface area contributed by atoms with Gasteiger partial charge in [-0.1, -0.05) is 6.07 Å². The van der Waals surface area contributed by atoms with E-state index in [9.17, 15) is 9.59 Å². The third kappa shape index (κ3) is 6.17. The van der Waals surface area contributed by atoms with Gasteiger partial charge in [-0.15, -0.1) is 0 Å². The van der Waals surface area contributed by atoms with E-state index in [1.165, 1.54) is 0 Å². The monoisotopic (exact) mass is 458 g/mol. The second-order valence-electron chi connectivity index (χ2n) is 7.63. The van der Waals surface area contributed by atoms with Crippen LogP contribution in [0.25, 0.3) is 0 Å². The van der Waals surface area contributed by atoms with Gasteiger partial charge in [-0.3, -0.25) is 4.79 Å². The van der Waals surface area contributed by atoms with Gasteiger partial charge in [0.05, 0.1) is 0 Å². The van der Waals surface area contributed by atoms with Crippen LogP contribution in [0.5, 0.6) is 0 Å². The molecule has 1 aliphatic rings. The number of ether oxygens (including phenoxy) is 1. The van der Waals surface area contributed by atoms with Crippen molar-refractivity contribution in [1.29, 1.82) is 0 Å². The maximum Gasteiger partial charge on any atom is 0.410 e. The average Bonchev–Trinajstić information content (AvgIpc) is 2.52. The third-order valence-corrected chi connectivity index (χ3v) is 4.79. The number of hydrogen-bond donors (Lipinski definition) is 0. The predicted octanol–water partition coefficient (Wildman–Crippen LogP) is 4.01. The second-order valence-corrected chi connectivity index (χ2v) is 8.88. The highest BCUT2D eigenvalue weighted by atomic mass is 127. The summed E-state index contributed by atoms with van der Waals surface area (Å²) in [6, 6.07) is 7.67. The van der Waals surface area contributed by atoms with E-state index in [0.717, 1.165) is 28.5 Å². The van der Waals surface area contributed by atoms with Gasteiger partial charge in [0, 0.05) is 35.8 Å². The van der Waals surface area contributed by atoms with E-state index < -0.39 is 5.60 Å². The van der Waals surface area contributed by atoms with E-state index in [1.54, 1.807) is 11.9 Å². The minimum absolute atomic E-state index is 0.0723. The van der Waals surface area contributed by atoms with Crippen molar-refractivity contribution in [3.05, 3.63) is 33.4 Å². The molecule has 2 amide bonds. The molecule has 1 aromatic rings. The number of nitrogens with zero attached hydrogens (tertiary/aromatic N) is 2. The van der Waals surface area contributed by atoms with Crippen molar-refractivity contribution in [1.82, 2.24) is 9.80 Å². The molecule has 0 spiro atoms. The number of rotatable bonds is 3. The zero-order valence-corrected chi connectivity index (χ0v) is 17.6. The molecule has 0 N–H and O–H groups in total. The van der Waals surface area contributed by atoms with Gasteiger partial charge >= 0.3 is 6.09 Å². The van der Waals surface area contributed by atoms with E-state index in [-0.39, 0.29) is 17.9 Å². The molecule has 6 heteroatoms. The van der Waals surface area contributed by atoms with Crippen molar-refractivity contribution >= 4 is 34.6 Å². The maximum atomic E-state index is 12.7. The van der Waals surface area contributed by atoms with Gasteiger partial charge < -0.3 is 14.5 Å². The van der Waals surface area contributed by atoms with Crippen LogP contribution in [-0.2, 0) is 4.74 Å². The number of benzene rings is 1. The van der Waals surface area contributed by atoms with E-state index in [0.29, 0.717) is 13.1 Å². The fraction of sp³-hybridized carbons (Fsp3) is 0.579. The quantitative estimate of drug-likeness (QED) is 0.644. The summed E-state index contributed by atoms with van der Waals surface area (Å²) in [5, 5.41) is 0. The van der Waals surface area contributed by atoms with Crippen LogP contribution in [0.4, 0.5) is 4.79 Å². The van der Waals surface area contributed by atoms with Gasteiger partial charge in [0.15, 0.2) is 0 Å². The highest BCUT2D eigenvalue weighted by molar-refractivity contribution is 14.1. The second kappa shape index (κ2) is 8.38. The Hall–Kier alpha value is -1.31. The fourth-order valence-corrected chi connectivity index (χ4v) is 3.55. The Balaban J connectivity index is 1.94. The molecule has 1 heterocycles. The molecule has 1 aliphatic heterocycles. The number of carbonyl (C=O) groups is 2. The highest BCUT2D eigenvalue weighted by Crippen LogP contribution is 2.21. The van der Waals surface area contributed by atoms with Crippen LogP contribution in [0.1, 0.15) is 44.0 Å². The largest absolute Gasteiger partial charge is 0.444 e. The fourth-order valence-electron chi connectivity index (χ4n) is 3.00. The molecule has 0 radical (unpaired) electrons. The van der Waals surface area contributed by atoms with Gasteiger partial charge in [0.2, 0.25) is 0 Å². The average molecular weight is 458 g/mol. The molecular formula is C19H27IN2O3. The molecule has 2 rings (SSSR count). The van der Waals surface area contributed by atoms with Gasteiger partial charge in [-0.2, -0.15) is 0 Å². The lowest BCUT2D eigenvalue weighted by Crippen LogP contribution is -2.45. The van der Waals surface area contributed by atoms with Crippen LogP contribution in [0.15, 0.2) is 24.3 Å². The Morgan fingerprint density at radius 2 is 2.08 bits per heavy atom. The zero-order chi connectivity index (χ0) is 18.6. The first-order chi connectivity index (χ1) is 11.7. The molecular weight excluding hydrogens is 431 g/mol. The Morgan fingerprint density at radius 1 is 1.36 bits per heavy atom. The smallest absolute Gasteiger partial charge is 0.410 e. The summed E-state index contributed by atoms with van der Waals surface area (Å²) in [5.41, 5.74) is 0.234. The lowest BCUT2D eigenvalue weighted by molar-refractivity contribution is 0.0244. The van der Waals surface area contributed by atoms with Crippen LogP contribution in [-0.4, -0.2) is 54.1 Å². The summed E-state index contributed by atoms with van der Waals surface area (Å²) in [4.78, 5) is 28.4. The van der Waals surface area contributed by atoms with Crippen LogP contribution >= 0.6 is 22.6 Å². The Labute approximate surface area is 163 Å². The first-order valence-electron chi connectivity index (χ1n) is 8.64. The molecule has 0 aliphatic carbocycles. The van der Waals surface area contributed by atoms with Crippen LogP contribution in [0, 0.1) is 9.49 Å². The predicted molar refractivity (Wildman–Crippen MR) is 107 cm³/mol. The third-order valence-electron chi connectivity index (χ3n) is 4.12. The normalized spacial score (nSPS) is 18.0. The van der Waals surface area contributed by atoms with Crippen LogP contribution < -0.4 is 0 Å². The number of likely N-dealkylation sites (tertiary alicyclic amines) is 1. The molecule has 25 heavy (non-hydrogen) atoms. The molecule has 5 nitrogen and oxygen atoms in total. The van der Waals surface area contributed by atoms with Crippen molar-refractivity contribution in [3.63, 3.8) is 0 Å². The molecule has 0 bridgehead atoms. The molecule has 1 unspecified atom stereocenters. The van der Waals surface area contributed by atoms with Crippen molar-refractivity contribution in [2.24, 2.45) is 5.92 Å². The summed E-state index contributed by atoms with van der Waals surface area (Å²) in [6.07, 6.45) is 1.67. The molecule has 1 saturated heterocycles. The molecule has 0 saturated carbocycles. The number of hydrogen-bond acceptors (Lipinski definition) is 3. The van der Waals surface area contributed by atoms with Gasteiger partial charge in [-0.25, -0.2) is 4.79 Å². The molecule has 1 aromatic carbocycles. The molecule has 1 fully saturated rings. The SMILES string of the molecule is CN(CC1CCCN(C(=O)c2cccc(I)c2)C1)C(=O)OC(C)(C)C. The minimum Gasteiger partial charge on any atom is -0.444 e. The minimum atomic E-state index is -0.496. The summed E-state index contributed by atoms with van der Waals surface area (Å²) < 4.78 is 6.46. The molecule has 1 atom stereocenters. The van der Waals surface area contributed by atoms with E-state index >= 15 is 0 Å². The Kier molecular flexibility index (Phi) is 6.71. The Bertz CT molecular complexity index is 627. The first kappa shape index (κ1) is 20.0. The van der Waals surface area contributed by atoms with E-state index in [4.69, 9.17) is 4.74 Å². The summed E-state index contributed by atoms with van der Waals surface area (Å²) >= 11 is 2.22. The summed E-state index contributed by atoms with van der Waals surface area (Å²) in [7, 11) is 1.76. The molecule has 0 aromatic heterocycles. The summed E-state index contributed by atoms with van der Waals surface area (Å²) in [5.74, 6) is 0.348. The number of carbonyl (C=O) groups excluding carboxylic acids is 2. The zero-order valence-electron chi connectivity index (χ0n) is 15.4. The van der Waals surface area contributed by atoms with Crippen molar-refractivity contribution in [2.75, 3.05) is 26.7 Å². The van der Waals surface area contributed by atoms with Crippen LogP contribution in [0.2, 0.25) is 0 Å². The standard InChI is InChI=1S/C19H27IN2O3/c1-19(2,3)25-18(24)21(4)12-14-7-6-10-22(13-14)17(23)15-8-5-9-16(20)11-15/h5,8-9,11,14H,6-7,10,12-13H2,1-4H3. The lowest BCUT2D eigenvalue weighted by atomic mass is 9.97. The maximum absolute atomic E-state index is 12.7. The van der Waals surface area contributed by atoms with Crippen molar-refractivity contribution < 1.29 is 14.3 Å². The van der Waals surface area contributed by atoms with Gasteiger partial charge in [-0.05, 0) is 80.3 Å². The van der Waals surface area contributed by atoms with Crippen LogP contribution in [0.3, 0.4) is 0 Å².